The van der Waals surface area contributed by atoms with Crippen molar-refractivity contribution in [2.24, 2.45) is 11.5 Å². The monoisotopic (exact) mass is 765 g/mol. The number of nitrogens with two attached hydrogens (primary N) is 2. The maximum absolute atomic E-state index is 14.0. The van der Waals surface area contributed by atoms with Crippen LogP contribution in [0.5, 0.6) is 0 Å². The van der Waals surface area contributed by atoms with Crippen molar-refractivity contribution in [1.29, 1.82) is 10.8 Å². The van der Waals surface area contributed by atoms with Crippen LogP contribution in [-0.4, -0.2) is 76.7 Å². The number of unbranched alkanes of at least 4 members (excludes halogenated alkanes) is 1. The number of benzene rings is 2. The number of urea groups is 1. The molecule has 0 atom stereocenters. The number of nitrogens with one attached hydrogen (secondary N) is 5. The summed E-state index contributed by atoms with van der Waals surface area (Å²) >= 11 is 2.31. The standard InChI is InChI=1S/C26H33N7O5S4.C2HF3O2/c1-15-7-6-8-18(33-26(34)31-11-4-5-12-41(3,35)36)22(15)16-9-10-17(32-25(29)30)20(13-16)42(37,38)21-14-19(23(27)28)40-24(21)39-2;3-2(4,5)1(6)7/h6-10,13-14H,4-5,11-12H2,1-3H3,(H3,27,28)(H4,29,30,32)(H2,31,33,34);(H,6,7). The number of nitrogen functional groups attached to an aromatic ring is 1. The second kappa shape index (κ2) is 16.9. The smallest absolute Gasteiger partial charge is 0.475 e. The molecule has 2 amide bonds. The molecule has 0 saturated heterocycles. The lowest BCUT2D eigenvalue weighted by atomic mass is 9.98. The van der Waals surface area contributed by atoms with E-state index in [1.54, 1.807) is 24.5 Å². The Labute approximate surface area is 288 Å². The molecule has 0 bridgehead atoms. The fourth-order valence-corrected chi connectivity index (χ4v) is 8.86. The highest BCUT2D eigenvalue weighted by Gasteiger charge is 2.38. The Kier molecular flexibility index (Phi) is 14.0. The van der Waals surface area contributed by atoms with Gasteiger partial charge in [0.2, 0.25) is 9.84 Å². The number of rotatable bonds is 12. The molecule has 3 aromatic rings. The number of carbonyl (C=O) groups excluding carboxylic acids is 1. The van der Waals surface area contributed by atoms with Gasteiger partial charge >= 0.3 is 18.2 Å². The van der Waals surface area contributed by atoms with Gasteiger partial charge in [0.05, 0.1) is 30.3 Å². The molecule has 0 aliphatic carbocycles. The summed E-state index contributed by atoms with van der Waals surface area (Å²) in [7, 11) is -7.27. The molecule has 0 fully saturated rings. The lowest BCUT2D eigenvalue weighted by Crippen LogP contribution is -2.30. The van der Waals surface area contributed by atoms with Crippen molar-refractivity contribution >= 4 is 77.9 Å². The number of amides is 2. The zero-order valence-corrected chi connectivity index (χ0v) is 29.5. The van der Waals surface area contributed by atoms with Gasteiger partial charge < -0.3 is 32.5 Å². The van der Waals surface area contributed by atoms with E-state index in [0.29, 0.717) is 38.7 Å². The number of carbonyl (C=O) groups is 2. The second-order valence-electron chi connectivity index (χ2n) is 10.2. The lowest BCUT2D eigenvalue weighted by Gasteiger charge is -2.18. The van der Waals surface area contributed by atoms with E-state index in [1.807, 2.05) is 13.0 Å². The predicted octanol–water partition coefficient (Wildman–Crippen LogP) is 4.45. The van der Waals surface area contributed by atoms with Gasteiger partial charge in [-0.05, 0) is 61.4 Å². The zero-order valence-electron chi connectivity index (χ0n) is 26.2. The molecule has 2 aromatic carbocycles. The Bertz CT molecular complexity index is 1950. The SMILES string of the molecule is CSc1sc(C(=N)N)cc1S(=O)(=O)c1cc(-c2c(C)cccc2NC(=O)NCCCCS(C)(=O)=O)ccc1NC(=N)N.O=C(O)C(F)(F)F. The van der Waals surface area contributed by atoms with Crippen LogP contribution >= 0.6 is 23.1 Å². The van der Waals surface area contributed by atoms with Crippen molar-refractivity contribution in [3.8, 4) is 11.1 Å². The van der Waals surface area contributed by atoms with E-state index in [4.69, 9.17) is 32.2 Å². The minimum Gasteiger partial charge on any atom is -0.475 e. The molecular formula is C28H34F3N7O7S4. The van der Waals surface area contributed by atoms with Gasteiger partial charge in [-0.3, -0.25) is 10.8 Å². The van der Waals surface area contributed by atoms with Gasteiger partial charge in [0.25, 0.3) is 0 Å². The number of aliphatic carboxylic acids is 1. The Morgan fingerprint density at radius 3 is 2.14 bits per heavy atom. The summed E-state index contributed by atoms with van der Waals surface area (Å²) in [6.45, 7) is 2.10. The Morgan fingerprint density at radius 2 is 1.61 bits per heavy atom. The Balaban J connectivity index is 0.00000107. The Morgan fingerprint density at radius 1 is 0.980 bits per heavy atom. The number of guanidine groups is 1. The average molecular weight is 766 g/mol. The number of alkyl halides is 3. The summed E-state index contributed by atoms with van der Waals surface area (Å²) < 4.78 is 82.8. The van der Waals surface area contributed by atoms with Crippen molar-refractivity contribution < 1.29 is 44.7 Å². The number of thiophene rings is 1. The summed E-state index contributed by atoms with van der Waals surface area (Å²) in [4.78, 5) is 21.7. The summed E-state index contributed by atoms with van der Waals surface area (Å²) in [6, 6.07) is 10.7. The van der Waals surface area contributed by atoms with Gasteiger partial charge in [-0.2, -0.15) is 13.2 Å². The third-order valence-electron chi connectivity index (χ3n) is 6.23. The second-order valence-corrected chi connectivity index (χ2v) is 16.4. The number of amidine groups is 1. The van der Waals surface area contributed by atoms with Crippen LogP contribution < -0.4 is 27.4 Å². The van der Waals surface area contributed by atoms with Crippen LogP contribution in [-0.2, 0) is 24.5 Å². The van der Waals surface area contributed by atoms with E-state index in [1.165, 1.54) is 30.0 Å². The number of anilines is 2. The van der Waals surface area contributed by atoms with E-state index >= 15 is 0 Å². The van der Waals surface area contributed by atoms with Crippen LogP contribution in [0.25, 0.3) is 11.1 Å². The maximum atomic E-state index is 14.0. The zero-order chi connectivity index (χ0) is 37.3. The van der Waals surface area contributed by atoms with Crippen LogP contribution in [0.2, 0.25) is 0 Å². The normalized spacial score (nSPS) is 11.6. The predicted molar refractivity (Wildman–Crippen MR) is 184 cm³/mol. The third kappa shape index (κ3) is 11.9. The lowest BCUT2D eigenvalue weighted by molar-refractivity contribution is -0.192. The number of hydrogen-bond donors (Lipinski definition) is 8. The molecule has 0 aliphatic heterocycles. The van der Waals surface area contributed by atoms with Crippen molar-refractivity contribution in [3.63, 3.8) is 0 Å². The van der Waals surface area contributed by atoms with Gasteiger partial charge in [-0.1, -0.05) is 18.2 Å². The Hall–Kier alpha value is -4.34. The first-order valence-corrected chi connectivity index (χ1v) is 19.3. The molecule has 3 rings (SSSR count). The van der Waals surface area contributed by atoms with E-state index in [9.17, 15) is 34.8 Å². The fourth-order valence-electron chi connectivity index (χ4n) is 4.10. The average Bonchev–Trinajstić information content (AvgIpc) is 3.43. The van der Waals surface area contributed by atoms with Crippen LogP contribution in [0, 0.1) is 17.7 Å². The van der Waals surface area contributed by atoms with Crippen molar-refractivity contribution in [2.45, 2.75) is 39.9 Å². The maximum Gasteiger partial charge on any atom is 0.490 e. The summed E-state index contributed by atoms with van der Waals surface area (Å²) in [5.41, 5.74) is 13.5. The molecule has 1 heterocycles. The number of thioether (sulfide) groups is 1. The van der Waals surface area contributed by atoms with Crippen molar-refractivity contribution in [1.82, 2.24) is 5.32 Å². The van der Waals surface area contributed by atoms with E-state index in [2.05, 4.69) is 16.0 Å². The van der Waals surface area contributed by atoms with Gasteiger partial charge in [0.1, 0.15) is 15.7 Å². The van der Waals surface area contributed by atoms with Crippen molar-refractivity contribution in [2.75, 3.05) is 35.4 Å². The molecule has 0 saturated carbocycles. The molecule has 14 nitrogen and oxygen atoms in total. The molecule has 0 spiro atoms. The van der Waals surface area contributed by atoms with Crippen LogP contribution in [0.15, 0.2) is 56.5 Å². The highest BCUT2D eigenvalue weighted by Crippen LogP contribution is 2.41. The van der Waals surface area contributed by atoms with Crippen LogP contribution in [0.3, 0.4) is 0 Å². The minimum absolute atomic E-state index is 0.0210. The van der Waals surface area contributed by atoms with E-state index in [0.717, 1.165) is 23.2 Å². The first-order chi connectivity index (χ1) is 22.6. The summed E-state index contributed by atoms with van der Waals surface area (Å²) in [6.07, 6.45) is -1.29. The van der Waals surface area contributed by atoms with Gasteiger partial charge in [-0.25, -0.2) is 26.4 Å². The number of hydrogen-bond acceptors (Lipinski definition) is 10. The summed E-state index contributed by atoms with van der Waals surface area (Å²) in [5, 5.41) is 30.7. The molecule has 268 valence electrons. The first-order valence-electron chi connectivity index (χ1n) is 13.7. The summed E-state index contributed by atoms with van der Waals surface area (Å²) in [5.74, 6) is -3.42. The van der Waals surface area contributed by atoms with Gasteiger partial charge in [-0.15, -0.1) is 23.1 Å². The topological polar surface area (TPSA) is 258 Å². The number of carboxylic acid groups (broad SMARTS) is 1. The molecule has 49 heavy (non-hydrogen) atoms. The number of sulfone groups is 2. The molecular weight excluding hydrogens is 732 g/mol. The molecule has 1 aromatic heterocycles. The molecule has 0 radical (unpaired) electrons. The largest absolute Gasteiger partial charge is 0.490 e. The number of aryl methyl sites for hydroxylation is 1. The fraction of sp³-hybridized carbons (Fsp3) is 0.286. The van der Waals surface area contributed by atoms with Crippen LogP contribution in [0.1, 0.15) is 23.3 Å². The van der Waals surface area contributed by atoms with E-state index in [-0.39, 0.29) is 33.6 Å². The molecule has 10 N–H and O–H groups in total. The highest BCUT2D eigenvalue weighted by molar-refractivity contribution is 8.01. The first kappa shape index (κ1) is 40.8. The minimum atomic E-state index is -5.08. The molecule has 0 unspecified atom stereocenters. The highest BCUT2D eigenvalue weighted by atomic mass is 32.2. The van der Waals surface area contributed by atoms with Crippen LogP contribution in [0.4, 0.5) is 29.3 Å². The van der Waals surface area contributed by atoms with Gasteiger partial charge in [0, 0.05) is 24.1 Å². The number of halogens is 3. The molecule has 21 heteroatoms. The van der Waals surface area contributed by atoms with Gasteiger partial charge in [0.15, 0.2) is 5.96 Å². The quantitative estimate of drug-likeness (QED) is 0.0553. The van der Waals surface area contributed by atoms with Crippen molar-refractivity contribution in [3.05, 3.63) is 52.9 Å². The third-order valence-corrected chi connectivity index (χ3v) is 11.6. The van der Waals surface area contributed by atoms with E-state index < -0.39 is 43.8 Å². The molecule has 0 aliphatic rings. The number of carboxylic acids is 1.